The van der Waals surface area contributed by atoms with Crippen molar-refractivity contribution >= 4 is 23.6 Å². The first-order valence-electron chi connectivity index (χ1n) is 8.38. The summed E-state index contributed by atoms with van der Waals surface area (Å²) in [6.45, 7) is 7.16. The minimum Gasteiger partial charge on any atom is -0.381 e. The standard InChI is InChI=1S/C16H26N2O3S/c1-3-21-10-12-5-4-8-17(9-12)15(20)13-11-22-16(2)7-6-14(19)18(13)16/h12-13H,3-11H2,1-2H3/t12-,13+,16-/m0/s1. The summed E-state index contributed by atoms with van der Waals surface area (Å²) in [5.74, 6) is 1.47. The van der Waals surface area contributed by atoms with Crippen molar-refractivity contribution in [1.82, 2.24) is 9.80 Å². The number of nitrogens with zero attached hydrogens (tertiary/aromatic N) is 2. The highest BCUT2D eigenvalue weighted by Crippen LogP contribution is 2.47. The van der Waals surface area contributed by atoms with Gasteiger partial charge in [0.2, 0.25) is 11.8 Å². The molecule has 22 heavy (non-hydrogen) atoms. The average Bonchev–Trinajstić information content (AvgIpc) is 3.01. The Morgan fingerprint density at radius 1 is 1.50 bits per heavy atom. The van der Waals surface area contributed by atoms with Crippen LogP contribution in [0.1, 0.15) is 39.5 Å². The number of hydrogen-bond donors (Lipinski definition) is 0. The lowest BCUT2D eigenvalue weighted by molar-refractivity contribution is -0.145. The van der Waals surface area contributed by atoms with E-state index in [9.17, 15) is 9.59 Å². The lowest BCUT2D eigenvalue weighted by Crippen LogP contribution is -2.53. The average molecular weight is 326 g/mol. The molecule has 124 valence electrons. The molecule has 0 aromatic carbocycles. The first-order chi connectivity index (χ1) is 10.5. The Labute approximate surface area is 136 Å². The molecule has 3 heterocycles. The molecule has 5 nitrogen and oxygen atoms in total. The molecule has 3 atom stereocenters. The summed E-state index contributed by atoms with van der Waals surface area (Å²) in [7, 11) is 0. The van der Waals surface area contributed by atoms with Gasteiger partial charge in [0.05, 0.1) is 11.5 Å². The molecule has 3 saturated heterocycles. The summed E-state index contributed by atoms with van der Waals surface area (Å²) in [6, 6.07) is -0.254. The third-order valence-electron chi connectivity index (χ3n) is 5.12. The van der Waals surface area contributed by atoms with Gasteiger partial charge in [-0.25, -0.2) is 0 Å². The molecule has 0 unspecified atom stereocenters. The van der Waals surface area contributed by atoms with E-state index in [1.807, 2.05) is 16.7 Å². The number of thioether (sulfide) groups is 1. The van der Waals surface area contributed by atoms with E-state index in [1.165, 1.54) is 0 Å². The lowest BCUT2D eigenvalue weighted by atomic mass is 9.98. The Balaban J connectivity index is 1.65. The van der Waals surface area contributed by atoms with Crippen LogP contribution in [0.4, 0.5) is 0 Å². The van der Waals surface area contributed by atoms with Crippen LogP contribution in [-0.4, -0.2) is 64.6 Å². The lowest BCUT2D eigenvalue weighted by Gasteiger charge is -2.37. The number of fused-ring (bicyclic) bond motifs is 1. The number of rotatable bonds is 4. The van der Waals surface area contributed by atoms with E-state index < -0.39 is 0 Å². The Kier molecular flexibility index (Phi) is 4.69. The highest BCUT2D eigenvalue weighted by Gasteiger charge is 2.53. The van der Waals surface area contributed by atoms with E-state index in [4.69, 9.17) is 4.74 Å². The van der Waals surface area contributed by atoms with E-state index in [0.29, 0.717) is 12.3 Å². The third kappa shape index (κ3) is 2.87. The Morgan fingerprint density at radius 2 is 2.32 bits per heavy atom. The Morgan fingerprint density at radius 3 is 3.09 bits per heavy atom. The van der Waals surface area contributed by atoms with Crippen molar-refractivity contribution in [3.63, 3.8) is 0 Å². The number of ether oxygens (including phenoxy) is 1. The van der Waals surface area contributed by atoms with Gasteiger partial charge in [-0.1, -0.05) is 0 Å². The Bertz CT molecular complexity index is 459. The Hall–Kier alpha value is -0.750. The maximum absolute atomic E-state index is 12.9. The van der Waals surface area contributed by atoms with Gasteiger partial charge in [-0.15, -0.1) is 11.8 Å². The number of piperidine rings is 1. The number of amides is 2. The SMILES string of the molecule is CCOC[C@H]1CCCN(C(=O)[C@H]2CS[C@@]3(C)CCC(=O)N23)C1. The molecule has 0 aliphatic carbocycles. The summed E-state index contributed by atoms with van der Waals surface area (Å²) < 4.78 is 5.52. The van der Waals surface area contributed by atoms with Gasteiger partial charge in [-0.05, 0) is 39.0 Å². The van der Waals surface area contributed by atoms with Gasteiger partial charge in [0.1, 0.15) is 6.04 Å². The molecule has 0 bridgehead atoms. The van der Waals surface area contributed by atoms with E-state index in [2.05, 4.69) is 6.92 Å². The van der Waals surface area contributed by atoms with Crippen LogP contribution in [0.25, 0.3) is 0 Å². The number of carbonyl (C=O) groups is 2. The van der Waals surface area contributed by atoms with Gasteiger partial charge in [-0.3, -0.25) is 9.59 Å². The largest absolute Gasteiger partial charge is 0.381 e. The normalized spacial score (nSPS) is 35.1. The van der Waals surface area contributed by atoms with Crippen LogP contribution in [0.3, 0.4) is 0 Å². The predicted octanol–water partition coefficient (Wildman–Crippen LogP) is 1.72. The summed E-state index contributed by atoms with van der Waals surface area (Å²) in [5.41, 5.74) is 0. The second kappa shape index (κ2) is 6.40. The fourth-order valence-corrected chi connectivity index (χ4v) is 5.32. The van der Waals surface area contributed by atoms with Crippen molar-refractivity contribution in [3.8, 4) is 0 Å². The number of hydrogen-bond acceptors (Lipinski definition) is 4. The minimum atomic E-state index is -0.254. The van der Waals surface area contributed by atoms with E-state index in [1.54, 1.807) is 11.8 Å². The molecule has 6 heteroatoms. The maximum atomic E-state index is 12.9. The van der Waals surface area contributed by atoms with Crippen molar-refractivity contribution in [2.24, 2.45) is 5.92 Å². The molecule has 2 amide bonds. The van der Waals surface area contributed by atoms with Crippen LogP contribution in [0.5, 0.6) is 0 Å². The summed E-state index contributed by atoms with van der Waals surface area (Å²) in [4.78, 5) is 28.8. The fraction of sp³-hybridized carbons (Fsp3) is 0.875. The second-order valence-electron chi connectivity index (χ2n) is 6.72. The van der Waals surface area contributed by atoms with E-state index >= 15 is 0 Å². The molecule has 0 aromatic heterocycles. The third-order valence-corrected chi connectivity index (χ3v) is 6.62. The monoisotopic (exact) mass is 326 g/mol. The molecule has 0 saturated carbocycles. The van der Waals surface area contributed by atoms with Crippen LogP contribution in [0, 0.1) is 5.92 Å². The molecule has 0 N–H and O–H groups in total. The molecule has 0 spiro atoms. The van der Waals surface area contributed by atoms with Gasteiger partial charge in [0, 0.05) is 31.9 Å². The molecule has 3 aliphatic rings. The predicted molar refractivity (Wildman–Crippen MR) is 86.5 cm³/mol. The van der Waals surface area contributed by atoms with E-state index in [0.717, 1.165) is 51.3 Å². The van der Waals surface area contributed by atoms with Crippen LogP contribution in [0.2, 0.25) is 0 Å². The number of carbonyl (C=O) groups excluding carboxylic acids is 2. The zero-order valence-electron chi connectivity index (χ0n) is 13.5. The van der Waals surface area contributed by atoms with Crippen LogP contribution < -0.4 is 0 Å². The van der Waals surface area contributed by atoms with Crippen molar-refractivity contribution < 1.29 is 14.3 Å². The van der Waals surface area contributed by atoms with Gasteiger partial charge in [0.25, 0.3) is 0 Å². The molecule has 3 aliphatic heterocycles. The topological polar surface area (TPSA) is 49.9 Å². The number of likely N-dealkylation sites (tertiary alicyclic amines) is 1. The smallest absolute Gasteiger partial charge is 0.246 e. The molecule has 0 aromatic rings. The molecule has 3 fully saturated rings. The summed E-state index contributed by atoms with van der Waals surface area (Å²) in [5, 5.41) is 0. The van der Waals surface area contributed by atoms with Gasteiger partial charge >= 0.3 is 0 Å². The second-order valence-corrected chi connectivity index (χ2v) is 8.22. The fourth-order valence-electron chi connectivity index (χ4n) is 3.90. The van der Waals surface area contributed by atoms with Gasteiger partial charge in [-0.2, -0.15) is 0 Å². The first kappa shape index (κ1) is 16.1. The molecule has 0 radical (unpaired) electrons. The zero-order valence-corrected chi connectivity index (χ0v) is 14.4. The summed E-state index contributed by atoms with van der Waals surface area (Å²) in [6.07, 6.45) is 3.62. The highest BCUT2D eigenvalue weighted by atomic mass is 32.2. The highest BCUT2D eigenvalue weighted by molar-refractivity contribution is 8.01. The zero-order chi connectivity index (χ0) is 15.7. The maximum Gasteiger partial charge on any atom is 0.246 e. The quantitative estimate of drug-likeness (QED) is 0.789. The van der Waals surface area contributed by atoms with Crippen molar-refractivity contribution in [3.05, 3.63) is 0 Å². The molecule has 3 rings (SSSR count). The van der Waals surface area contributed by atoms with Crippen molar-refractivity contribution in [2.75, 3.05) is 32.1 Å². The minimum absolute atomic E-state index is 0.146. The molecular weight excluding hydrogens is 300 g/mol. The van der Waals surface area contributed by atoms with Crippen LogP contribution >= 0.6 is 11.8 Å². The molecular formula is C16H26N2O3S. The van der Waals surface area contributed by atoms with Crippen molar-refractivity contribution in [2.45, 2.75) is 50.4 Å². The van der Waals surface area contributed by atoms with E-state index in [-0.39, 0.29) is 22.7 Å². The van der Waals surface area contributed by atoms with Crippen LogP contribution in [0.15, 0.2) is 0 Å². The first-order valence-corrected chi connectivity index (χ1v) is 9.36. The van der Waals surface area contributed by atoms with Crippen LogP contribution in [-0.2, 0) is 14.3 Å². The van der Waals surface area contributed by atoms with Crippen molar-refractivity contribution in [1.29, 1.82) is 0 Å². The van der Waals surface area contributed by atoms with Gasteiger partial charge < -0.3 is 14.5 Å². The van der Waals surface area contributed by atoms with Gasteiger partial charge in [0.15, 0.2) is 0 Å². The summed E-state index contributed by atoms with van der Waals surface area (Å²) >= 11 is 1.77.